The summed E-state index contributed by atoms with van der Waals surface area (Å²) in [7, 11) is -4.68. The second kappa shape index (κ2) is 9.54. The summed E-state index contributed by atoms with van der Waals surface area (Å²) in [5.74, 6) is 0. The number of nitrogens with zero attached hydrogens (tertiary/aromatic N) is 3. The van der Waals surface area contributed by atoms with Crippen molar-refractivity contribution < 1.29 is 32.4 Å². The quantitative estimate of drug-likeness (QED) is 0.452. The van der Waals surface area contributed by atoms with E-state index in [-0.39, 0.29) is 0 Å². The number of carbonyl (C=O) groups excluding carboxylic acids is 2. The minimum absolute atomic E-state index is 0.327. The molecule has 11 nitrogen and oxygen atoms in total. The van der Waals surface area contributed by atoms with Crippen molar-refractivity contribution in [1.29, 1.82) is 0 Å². The van der Waals surface area contributed by atoms with Crippen molar-refractivity contribution in [1.82, 2.24) is 9.21 Å². The summed E-state index contributed by atoms with van der Waals surface area (Å²) in [6, 6.07) is 4.09. The minimum atomic E-state index is -4.68. The number of hydrogen-bond acceptors (Lipinski definition) is 8. The summed E-state index contributed by atoms with van der Waals surface area (Å²) in [5.41, 5.74) is -2.44. The SMILES string of the molecule is CC(C)(C)OC(=O)N1CCC[C@H]1CN(C(=O)OC(C)(C)C)S(=O)(=O)c1ccccc1[N+](=O)[O-]. The van der Waals surface area contributed by atoms with Crippen molar-refractivity contribution in [3.63, 3.8) is 0 Å². The van der Waals surface area contributed by atoms with Gasteiger partial charge in [0.2, 0.25) is 0 Å². The van der Waals surface area contributed by atoms with Crippen LogP contribution in [-0.4, -0.2) is 65.1 Å². The number of benzene rings is 1. The van der Waals surface area contributed by atoms with Crippen molar-refractivity contribution >= 4 is 27.9 Å². The predicted octanol–water partition coefficient (Wildman–Crippen LogP) is 3.92. The molecule has 1 atom stereocenters. The third kappa shape index (κ3) is 6.80. The van der Waals surface area contributed by atoms with Crippen LogP contribution in [0.15, 0.2) is 29.2 Å². The number of likely N-dealkylation sites (tertiary alicyclic amines) is 1. The first-order valence-corrected chi connectivity index (χ1v) is 12.0. The summed E-state index contributed by atoms with van der Waals surface area (Å²) in [6.07, 6.45) is -0.809. The first-order valence-electron chi connectivity index (χ1n) is 10.5. The molecule has 0 bridgehead atoms. The van der Waals surface area contributed by atoms with Gasteiger partial charge in [0.05, 0.1) is 17.5 Å². The highest BCUT2D eigenvalue weighted by molar-refractivity contribution is 7.89. The van der Waals surface area contributed by atoms with Gasteiger partial charge in [-0.3, -0.25) is 10.1 Å². The number of rotatable bonds is 5. The Bertz CT molecular complexity index is 1010. The van der Waals surface area contributed by atoms with Gasteiger partial charge in [-0.1, -0.05) is 12.1 Å². The molecule has 184 valence electrons. The van der Waals surface area contributed by atoms with E-state index >= 15 is 0 Å². The summed E-state index contributed by atoms with van der Waals surface area (Å²) < 4.78 is 38.1. The Morgan fingerprint density at radius 2 is 1.70 bits per heavy atom. The van der Waals surface area contributed by atoms with Gasteiger partial charge >= 0.3 is 12.2 Å². The molecule has 1 aliphatic rings. The van der Waals surface area contributed by atoms with Gasteiger partial charge in [-0.05, 0) is 60.5 Å². The Hall–Kier alpha value is -2.89. The maximum absolute atomic E-state index is 13.5. The van der Waals surface area contributed by atoms with Crippen LogP contribution in [0.1, 0.15) is 54.4 Å². The lowest BCUT2D eigenvalue weighted by atomic mass is 10.2. The average molecular weight is 486 g/mol. The summed E-state index contributed by atoms with van der Waals surface area (Å²) in [4.78, 5) is 37.0. The molecule has 1 aromatic rings. The first kappa shape index (κ1) is 26.4. The standard InChI is InChI=1S/C21H31N3O8S/c1-20(2,3)31-18(25)22-13-9-10-15(22)14-23(19(26)32-21(4,5)6)33(29,30)17-12-8-7-11-16(17)24(27)28/h7-8,11-12,15H,9-10,13-14H2,1-6H3/t15-/m0/s1. The highest BCUT2D eigenvalue weighted by atomic mass is 32.2. The zero-order valence-electron chi connectivity index (χ0n) is 19.7. The highest BCUT2D eigenvalue weighted by Gasteiger charge is 2.42. The summed E-state index contributed by atoms with van der Waals surface area (Å²) in [6.45, 7) is 9.75. The van der Waals surface area contributed by atoms with Gasteiger partial charge < -0.3 is 14.4 Å². The molecule has 1 aliphatic heterocycles. The first-order chi connectivity index (χ1) is 15.0. The number of nitro groups is 1. The number of ether oxygens (including phenoxy) is 2. The molecule has 2 amide bonds. The summed E-state index contributed by atoms with van der Waals surface area (Å²) in [5, 5.41) is 11.4. The van der Waals surface area contributed by atoms with Gasteiger partial charge in [0.25, 0.3) is 15.7 Å². The van der Waals surface area contributed by atoms with Gasteiger partial charge in [0, 0.05) is 12.6 Å². The molecule has 33 heavy (non-hydrogen) atoms. The Kier molecular flexibility index (Phi) is 7.62. The number of sulfonamides is 1. The molecule has 1 aromatic carbocycles. The van der Waals surface area contributed by atoms with Crippen LogP contribution in [0.2, 0.25) is 0 Å². The fourth-order valence-electron chi connectivity index (χ4n) is 3.31. The van der Waals surface area contributed by atoms with Crippen LogP contribution < -0.4 is 0 Å². The van der Waals surface area contributed by atoms with Gasteiger partial charge in [-0.15, -0.1) is 0 Å². The monoisotopic (exact) mass is 485 g/mol. The maximum Gasteiger partial charge on any atom is 0.424 e. The fraction of sp³-hybridized carbons (Fsp3) is 0.619. The molecule has 0 spiro atoms. The number of carbonyl (C=O) groups is 2. The molecule has 2 rings (SSSR count). The maximum atomic E-state index is 13.5. The lowest BCUT2D eigenvalue weighted by Crippen LogP contribution is -2.49. The van der Waals surface area contributed by atoms with Gasteiger partial charge in [0.1, 0.15) is 11.2 Å². The minimum Gasteiger partial charge on any atom is -0.444 e. The van der Waals surface area contributed by atoms with Crippen LogP contribution in [0.5, 0.6) is 0 Å². The second-order valence-corrected chi connectivity index (χ2v) is 11.5. The Morgan fingerprint density at radius 3 is 2.24 bits per heavy atom. The van der Waals surface area contributed by atoms with E-state index in [0.29, 0.717) is 23.7 Å². The van der Waals surface area contributed by atoms with E-state index in [1.54, 1.807) is 41.5 Å². The van der Waals surface area contributed by atoms with Crippen LogP contribution in [0.25, 0.3) is 0 Å². The van der Waals surface area contributed by atoms with Gasteiger partial charge in [0.15, 0.2) is 4.90 Å². The van der Waals surface area contributed by atoms with Crippen molar-refractivity contribution in [3.8, 4) is 0 Å². The van der Waals surface area contributed by atoms with E-state index in [1.165, 1.54) is 17.0 Å². The smallest absolute Gasteiger partial charge is 0.424 e. The summed E-state index contributed by atoms with van der Waals surface area (Å²) >= 11 is 0. The number of amides is 2. The number of para-hydroxylation sites is 1. The van der Waals surface area contributed by atoms with Crippen LogP contribution in [-0.2, 0) is 19.5 Å². The van der Waals surface area contributed by atoms with Crippen LogP contribution in [0, 0.1) is 10.1 Å². The van der Waals surface area contributed by atoms with E-state index in [1.807, 2.05) is 0 Å². The third-order valence-electron chi connectivity index (χ3n) is 4.61. The van der Waals surface area contributed by atoms with Gasteiger partial charge in [-0.2, -0.15) is 4.31 Å². The van der Waals surface area contributed by atoms with E-state index in [9.17, 15) is 28.1 Å². The topological polar surface area (TPSA) is 136 Å². The Morgan fingerprint density at radius 1 is 1.12 bits per heavy atom. The lowest BCUT2D eigenvalue weighted by molar-refractivity contribution is -0.387. The van der Waals surface area contributed by atoms with Crippen molar-refractivity contribution in [2.45, 2.75) is 76.5 Å². The van der Waals surface area contributed by atoms with Crippen LogP contribution >= 0.6 is 0 Å². The number of nitro benzene ring substituents is 1. The van der Waals surface area contributed by atoms with E-state index in [0.717, 1.165) is 12.1 Å². The van der Waals surface area contributed by atoms with Crippen LogP contribution in [0.3, 0.4) is 0 Å². The molecule has 0 N–H and O–H groups in total. The average Bonchev–Trinajstić information content (AvgIpc) is 3.11. The highest BCUT2D eigenvalue weighted by Crippen LogP contribution is 2.30. The molecule has 1 heterocycles. The van der Waals surface area contributed by atoms with Crippen molar-refractivity contribution in [2.24, 2.45) is 0 Å². The van der Waals surface area contributed by atoms with Crippen LogP contribution in [0.4, 0.5) is 15.3 Å². The van der Waals surface area contributed by atoms with E-state index in [4.69, 9.17) is 9.47 Å². The zero-order chi connectivity index (χ0) is 25.2. The molecule has 0 unspecified atom stereocenters. The molecule has 12 heteroatoms. The largest absolute Gasteiger partial charge is 0.444 e. The number of hydrogen-bond donors (Lipinski definition) is 0. The van der Waals surface area contributed by atoms with Gasteiger partial charge in [-0.25, -0.2) is 18.0 Å². The third-order valence-corrected chi connectivity index (χ3v) is 6.39. The predicted molar refractivity (Wildman–Crippen MR) is 119 cm³/mol. The molecule has 0 radical (unpaired) electrons. The fourth-order valence-corrected chi connectivity index (χ4v) is 4.80. The van der Waals surface area contributed by atoms with E-state index < -0.39 is 61.5 Å². The molecular weight excluding hydrogens is 454 g/mol. The normalized spacial score (nSPS) is 16.9. The van der Waals surface area contributed by atoms with E-state index in [2.05, 4.69) is 0 Å². The second-order valence-electron chi connectivity index (χ2n) is 9.71. The molecule has 0 aromatic heterocycles. The molecule has 1 fully saturated rings. The molecule has 0 saturated carbocycles. The molecule has 1 saturated heterocycles. The van der Waals surface area contributed by atoms with Crippen molar-refractivity contribution in [2.75, 3.05) is 13.1 Å². The molecular formula is C21H31N3O8S. The molecule has 0 aliphatic carbocycles. The lowest BCUT2D eigenvalue weighted by Gasteiger charge is -2.32. The Labute approximate surface area is 193 Å². The zero-order valence-corrected chi connectivity index (χ0v) is 20.5. The van der Waals surface area contributed by atoms with Crippen molar-refractivity contribution in [3.05, 3.63) is 34.4 Å². The Balaban J connectivity index is 2.46.